The average Bonchev–Trinajstić information content (AvgIpc) is 3.15. The second-order valence-corrected chi connectivity index (χ2v) is 12.5. The molecule has 1 aliphatic heterocycles. The quantitative estimate of drug-likeness (QED) is 0.494. The first-order chi connectivity index (χ1) is 18.0. The van der Waals surface area contributed by atoms with Gasteiger partial charge < -0.3 is 15.4 Å². The van der Waals surface area contributed by atoms with Crippen molar-refractivity contribution in [1.82, 2.24) is 9.97 Å². The average molecular weight is 535 g/mol. The number of amides is 1. The number of aryl methyl sites for hydroxylation is 1. The van der Waals surface area contributed by atoms with E-state index in [1.54, 1.807) is 24.3 Å². The molecule has 1 amide bonds. The van der Waals surface area contributed by atoms with Crippen LogP contribution in [0.4, 0.5) is 5.82 Å². The molecule has 1 atom stereocenters. The molecule has 3 heterocycles. The smallest absolute Gasteiger partial charge is 0.253 e. The molecule has 1 unspecified atom stereocenters. The number of carbonyl (C=O) groups excluding carboxylic acids is 2. The van der Waals surface area contributed by atoms with Crippen LogP contribution in [0.1, 0.15) is 66.3 Å². The van der Waals surface area contributed by atoms with Crippen molar-refractivity contribution in [1.29, 1.82) is 0 Å². The van der Waals surface area contributed by atoms with Crippen molar-refractivity contribution < 1.29 is 22.7 Å². The fourth-order valence-electron chi connectivity index (χ4n) is 5.58. The number of fused-ring (bicyclic) bond motifs is 1. The van der Waals surface area contributed by atoms with Gasteiger partial charge in [-0.05, 0) is 74.9 Å². The molecule has 0 radical (unpaired) electrons. The summed E-state index contributed by atoms with van der Waals surface area (Å²) >= 11 is 0. The van der Waals surface area contributed by atoms with Crippen molar-refractivity contribution in [3.63, 3.8) is 0 Å². The van der Waals surface area contributed by atoms with Crippen LogP contribution in [0.3, 0.4) is 0 Å². The van der Waals surface area contributed by atoms with Crippen LogP contribution < -0.4 is 15.4 Å². The highest BCUT2D eigenvalue weighted by molar-refractivity contribution is 7.91. The van der Waals surface area contributed by atoms with E-state index in [-0.39, 0.29) is 38.5 Å². The van der Waals surface area contributed by atoms with Gasteiger partial charge in [0, 0.05) is 36.3 Å². The van der Waals surface area contributed by atoms with Gasteiger partial charge >= 0.3 is 0 Å². The number of Topliss-reactive ketones (excluding diaryl/α,β-unsaturated/α-hetero) is 1. The first-order valence-electron chi connectivity index (χ1n) is 12.6. The minimum atomic E-state index is -4.26. The van der Waals surface area contributed by atoms with Gasteiger partial charge in [-0.3, -0.25) is 9.59 Å². The number of rotatable bonds is 6. The molecule has 9 nitrogen and oxygen atoms in total. The van der Waals surface area contributed by atoms with Crippen molar-refractivity contribution in [3.05, 3.63) is 65.4 Å². The summed E-state index contributed by atoms with van der Waals surface area (Å²) in [5.41, 5.74) is 6.85. The lowest BCUT2D eigenvalue weighted by Crippen LogP contribution is -2.40. The van der Waals surface area contributed by atoms with Gasteiger partial charge in [0.25, 0.3) is 5.91 Å². The molecule has 5 rings (SSSR count). The molecule has 1 saturated heterocycles. The van der Waals surface area contributed by atoms with Gasteiger partial charge in [0.05, 0.1) is 4.90 Å². The van der Waals surface area contributed by atoms with Crippen LogP contribution in [0.2, 0.25) is 0 Å². The van der Waals surface area contributed by atoms with Crippen molar-refractivity contribution in [2.45, 2.75) is 61.9 Å². The van der Waals surface area contributed by atoms with Gasteiger partial charge in [-0.1, -0.05) is 13.0 Å². The second kappa shape index (κ2) is 9.50. The molecular formula is C28H30N4O5S. The molecule has 38 heavy (non-hydrogen) atoms. The zero-order valence-electron chi connectivity index (χ0n) is 21.6. The summed E-state index contributed by atoms with van der Waals surface area (Å²) in [6.45, 7) is 6.78. The number of pyridine rings is 2. The van der Waals surface area contributed by atoms with Crippen molar-refractivity contribution in [2.75, 3.05) is 11.4 Å². The van der Waals surface area contributed by atoms with Crippen LogP contribution in [0.15, 0.2) is 58.6 Å². The Hall–Kier alpha value is -3.79. The van der Waals surface area contributed by atoms with E-state index >= 15 is 0 Å². The SMILES string of the molecule is CC1CN(c2nccc(S(=O)(=O)c3cccc(Oc4ccc5c(c4)CCCC5=O)n3)c2C(N)=O)C(C)(C)C1. The zero-order valence-corrected chi connectivity index (χ0v) is 22.4. The number of ether oxygens (including phenoxy) is 1. The highest BCUT2D eigenvalue weighted by atomic mass is 32.2. The predicted molar refractivity (Wildman–Crippen MR) is 141 cm³/mol. The summed E-state index contributed by atoms with van der Waals surface area (Å²) in [6.07, 6.45) is 4.33. The molecule has 198 valence electrons. The number of nitrogens with two attached hydrogens (primary N) is 1. The van der Waals surface area contributed by atoms with E-state index < -0.39 is 15.7 Å². The van der Waals surface area contributed by atoms with Crippen LogP contribution >= 0.6 is 0 Å². The lowest BCUT2D eigenvalue weighted by atomic mass is 9.91. The maximum Gasteiger partial charge on any atom is 0.253 e. The number of hydrogen-bond acceptors (Lipinski definition) is 8. The van der Waals surface area contributed by atoms with Crippen LogP contribution in [0, 0.1) is 5.92 Å². The fraction of sp³-hybridized carbons (Fsp3) is 0.357. The molecule has 1 aliphatic carbocycles. The Morgan fingerprint density at radius 2 is 1.95 bits per heavy atom. The number of nitrogens with zero attached hydrogens (tertiary/aromatic N) is 3. The molecule has 3 aromatic rings. The first-order valence-corrected chi connectivity index (χ1v) is 14.1. The van der Waals surface area contributed by atoms with E-state index in [0.29, 0.717) is 30.2 Å². The molecule has 1 aromatic carbocycles. The van der Waals surface area contributed by atoms with Crippen molar-refractivity contribution in [3.8, 4) is 11.6 Å². The Morgan fingerprint density at radius 1 is 1.16 bits per heavy atom. The zero-order chi connectivity index (χ0) is 27.2. The van der Waals surface area contributed by atoms with Gasteiger partial charge in [-0.2, -0.15) is 0 Å². The van der Waals surface area contributed by atoms with Crippen molar-refractivity contribution >= 4 is 27.3 Å². The van der Waals surface area contributed by atoms with Gasteiger partial charge in [-0.15, -0.1) is 0 Å². The summed E-state index contributed by atoms with van der Waals surface area (Å²) in [6, 6.07) is 10.9. The van der Waals surface area contributed by atoms with Crippen LogP contribution in [0.25, 0.3) is 0 Å². The minimum Gasteiger partial charge on any atom is -0.439 e. The Labute approximate surface area is 222 Å². The molecule has 1 fully saturated rings. The van der Waals surface area contributed by atoms with E-state index in [2.05, 4.69) is 16.9 Å². The second-order valence-electron chi connectivity index (χ2n) is 10.6. The maximum atomic E-state index is 13.8. The number of primary amides is 1. The highest BCUT2D eigenvalue weighted by Crippen LogP contribution is 2.39. The molecule has 10 heteroatoms. The Balaban J connectivity index is 1.51. The Kier molecular flexibility index (Phi) is 6.46. The Bertz CT molecular complexity index is 1550. The topological polar surface area (TPSA) is 133 Å². The number of carbonyl (C=O) groups is 2. The lowest BCUT2D eigenvalue weighted by Gasteiger charge is -2.33. The summed E-state index contributed by atoms with van der Waals surface area (Å²) in [4.78, 5) is 35.1. The normalized spacial score (nSPS) is 18.8. The highest BCUT2D eigenvalue weighted by Gasteiger charge is 2.40. The van der Waals surface area contributed by atoms with E-state index in [9.17, 15) is 18.0 Å². The summed E-state index contributed by atoms with van der Waals surface area (Å²) in [5, 5.41) is -0.281. The third-order valence-electron chi connectivity index (χ3n) is 7.18. The molecule has 0 bridgehead atoms. The van der Waals surface area contributed by atoms with Gasteiger partial charge in [0.2, 0.25) is 15.7 Å². The van der Waals surface area contributed by atoms with Crippen molar-refractivity contribution in [2.24, 2.45) is 11.7 Å². The molecule has 2 aliphatic rings. The molecule has 2 aromatic heterocycles. The van der Waals surface area contributed by atoms with Crippen LogP contribution in [-0.4, -0.2) is 42.2 Å². The number of ketones is 1. The van der Waals surface area contributed by atoms with E-state index in [0.717, 1.165) is 24.8 Å². The van der Waals surface area contributed by atoms with Crippen LogP contribution in [0.5, 0.6) is 11.6 Å². The minimum absolute atomic E-state index is 0.0672. The van der Waals surface area contributed by atoms with Gasteiger partial charge in [-0.25, -0.2) is 18.4 Å². The molecule has 2 N–H and O–H groups in total. The molecule has 0 saturated carbocycles. The number of sulfone groups is 1. The largest absolute Gasteiger partial charge is 0.439 e. The standard InChI is InChI=1S/C28H30N4O5S/c1-17-15-28(2,3)32(16-17)27-25(26(29)34)22(12-13-30-27)38(35,36)24-9-5-8-23(31-24)37-19-10-11-20-18(14-19)6-4-7-21(20)33/h5,8-14,17H,4,6-7,15-16H2,1-3H3,(H2,29,34). The third-order valence-corrected chi connectivity index (χ3v) is 8.88. The monoisotopic (exact) mass is 534 g/mol. The fourth-order valence-corrected chi connectivity index (χ4v) is 6.97. The van der Waals surface area contributed by atoms with E-state index in [1.807, 2.05) is 18.7 Å². The van der Waals surface area contributed by atoms with Gasteiger partial charge in [0.15, 0.2) is 10.8 Å². The molecular weight excluding hydrogens is 504 g/mol. The summed E-state index contributed by atoms with van der Waals surface area (Å²) in [7, 11) is -4.26. The number of aromatic nitrogens is 2. The number of hydrogen-bond donors (Lipinski definition) is 1. The number of benzene rings is 1. The third kappa shape index (κ3) is 4.64. The number of anilines is 1. The van der Waals surface area contributed by atoms with E-state index in [4.69, 9.17) is 10.5 Å². The van der Waals surface area contributed by atoms with E-state index in [1.165, 1.54) is 24.4 Å². The predicted octanol–water partition coefficient (Wildman–Crippen LogP) is 4.34. The maximum absolute atomic E-state index is 13.8. The molecule has 0 spiro atoms. The Morgan fingerprint density at radius 3 is 2.66 bits per heavy atom. The lowest BCUT2D eigenvalue weighted by molar-refractivity contribution is 0.0970. The first kappa shape index (κ1) is 25.8. The van der Waals surface area contributed by atoms with Gasteiger partial charge in [0.1, 0.15) is 17.1 Å². The van der Waals surface area contributed by atoms with Crippen LogP contribution in [-0.2, 0) is 16.3 Å². The summed E-state index contributed by atoms with van der Waals surface area (Å²) in [5.74, 6) is 0.345. The summed E-state index contributed by atoms with van der Waals surface area (Å²) < 4.78 is 33.4.